The number of hydrogen-bond donors (Lipinski definition) is 0. The predicted octanol–water partition coefficient (Wildman–Crippen LogP) is 3.68. The molecule has 1 heteroatoms. The van der Waals surface area contributed by atoms with Crippen LogP contribution in [0.15, 0.2) is 35.5 Å². The van der Waals surface area contributed by atoms with Gasteiger partial charge >= 0.3 is 0 Å². The van der Waals surface area contributed by atoms with Crippen molar-refractivity contribution in [3.8, 4) is 0 Å². The van der Waals surface area contributed by atoms with E-state index in [4.69, 9.17) is 0 Å². The molecular weight excluding hydrogens is 184 g/mol. The number of hydrogen-bond acceptors (Lipinski definition) is 1. The summed E-state index contributed by atoms with van der Waals surface area (Å²) in [7, 11) is 0. The summed E-state index contributed by atoms with van der Waals surface area (Å²) in [6.45, 7) is 10.4. The molecule has 0 aromatic heterocycles. The van der Waals surface area contributed by atoms with Gasteiger partial charge in [0.15, 0.2) is 5.78 Å². The van der Waals surface area contributed by atoms with Crippen LogP contribution < -0.4 is 0 Å². The molecule has 0 aromatic rings. The van der Waals surface area contributed by atoms with Crippen molar-refractivity contribution in [3.63, 3.8) is 0 Å². The lowest BCUT2D eigenvalue weighted by molar-refractivity contribution is -0.112. The molecule has 0 aliphatic heterocycles. The van der Waals surface area contributed by atoms with Crippen LogP contribution in [-0.4, -0.2) is 5.78 Å². The lowest BCUT2D eigenvalue weighted by Gasteiger charge is -2.35. The summed E-state index contributed by atoms with van der Waals surface area (Å²) >= 11 is 0. The summed E-state index contributed by atoms with van der Waals surface area (Å²) in [5.41, 5.74) is 2.65. The average Bonchev–Trinajstić information content (AvgIpc) is 2.11. The molecule has 0 saturated carbocycles. The molecule has 0 spiro atoms. The molecule has 1 nitrogen and oxygen atoms in total. The monoisotopic (exact) mass is 204 g/mol. The fraction of sp³-hybridized carbons (Fsp3) is 0.500. The third-order valence-corrected chi connectivity index (χ3v) is 3.38. The van der Waals surface area contributed by atoms with Gasteiger partial charge in [-0.15, -0.1) is 0 Å². The van der Waals surface area contributed by atoms with Gasteiger partial charge in [-0.1, -0.05) is 39.0 Å². The number of rotatable bonds is 2. The molecule has 1 aliphatic rings. The first kappa shape index (κ1) is 12.0. The second kappa shape index (κ2) is 4.18. The summed E-state index contributed by atoms with van der Waals surface area (Å²) in [6, 6.07) is 0. The van der Waals surface area contributed by atoms with Gasteiger partial charge in [0.25, 0.3) is 0 Å². The fourth-order valence-corrected chi connectivity index (χ4v) is 1.92. The summed E-state index contributed by atoms with van der Waals surface area (Å²) in [5.74, 6) is 0.612. The van der Waals surface area contributed by atoms with Gasteiger partial charge in [0, 0.05) is 0 Å². The van der Waals surface area contributed by atoms with Crippen molar-refractivity contribution in [3.05, 3.63) is 35.5 Å². The zero-order valence-corrected chi connectivity index (χ0v) is 10.3. The van der Waals surface area contributed by atoms with Crippen LogP contribution in [0.2, 0.25) is 0 Å². The molecule has 0 saturated heterocycles. The van der Waals surface area contributed by atoms with Crippen LogP contribution in [0.5, 0.6) is 0 Å². The first-order valence-electron chi connectivity index (χ1n) is 5.44. The first-order valence-corrected chi connectivity index (χ1v) is 5.44. The maximum Gasteiger partial charge on any atom is 0.152 e. The molecule has 0 bridgehead atoms. The van der Waals surface area contributed by atoms with E-state index in [1.165, 1.54) is 11.1 Å². The lowest BCUT2D eigenvalue weighted by atomic mass is 9.69. The first-order chi connectivity index (χ1) is 6.85. The lowest BCUT2D eigenvalue weighted by Crippen LogP contribution is -2.25. The molecule has 1 rings (SSSR count). The van der Waals surface area contributed by atoms with Gasteiger partial charge in [-0.05, 0) is 42.4 Å². The average molecular weight is 204 g/mol. The van der Waals surface area contributed by atoms with Crippen LogP contribution >= 0.6 is 0 Å². The van der Waals surface area contributed by atoms with Gasteiger partial charge in [-0.3, -0.25) is 4.79 Å². The highest BCUT2D eigenvalue weighted by molar-refractivity contribution is 5.87. The van der Waals surface area contributed by atoms with Crippen LogP contribution in [0.4, 0.5) is 0 Å². The molecule has 0 aromatic carbocycles. The second-order valence-corrected chi connectivity index (χ2v) is 4.91. The predicted molar refractivity (Wildman–Crippen MR) is 64.6 cm³/mol. The van der Waals surface area contributed by atoms with E-state index in [0.29, 0.717) is 5.92 Å². The number of carbonyl (C=O) groups excluding carboxylic acids is 1. The summed E-state index contributed by atoms with van der Waals surface area (Å²) in [4.78, 5) is 11.0. The number of allylic oxidation sites excluding steroid dienone is 6. The maximum absolute atomic E-state index is 11.0. The van der Waals surface area contributed by atoms with Crippen LogP contribution in [0.3, 0.4) is 0 Å². The topological polar surface area (TPSA) is 17.1 Å². The van der Waals surface area contributed by atoms with Gasteiger partial charge in [0.1, 0.15) is 0 Å². The van der Waals surface area contributed by atoms with Gasteiger partial charge in [-0.25, -0.2) is 0 Å². The van der Waals surface area contributed by atoms with Crippen molar-refractivity contribution in [2.24, 2.45) is 11.3 Å². The molecule has 1 atom stereocenters. The van der Waals surface area contributed by atoms with E-state index in [-0.39, 0.29) is 11.2 Å². The Kier molecular flexibility index (Phi) is 3.33. The Hall–Kier alpha value is -1.11. The minimum atomic E-state index is 0.105. The van der Waals surface area contributed by atoms with E-state index in [9.17, 15) is 4.79 Å². The van der Waals surface area contributed by atoms with Crippen molar-refractivity contribution < 1.29 is 4.79 Å². The summed E-state index contributed by atoms with van der Waals surface area (Å²) in [5, 5.41) is 0. The van der Waals surface area contributed by atoms with Gasteiger partial charge in [-0.2, -0.15) is 0 Å². The Balaban J connectivity index is 3.11. The van der Waals surface area contributed by atoms with E-state index in [1.807, 2.05) is 6.08 Å². The molecule has 1 aliphatic carbocycles. The molecule has 0 fully saturated rings. The van der Waals surface area contributed by atoms with E-state index < -0.39 is 0 Å². The molecule has 0 radical (unpaired) electrons. The molecule has 82 valence electrons. The van der Waals surface area contributed by atoms with E-state index in [0.717, 1.165) is 0 Å². The third-order valence-electron chi connectivity index (χ3n) is 3.38. The molecular formula is C14H20O. The highest BCUT2D eigenvalue weighted by Gasteiger charge is 2.30. The number of carbonyl (C=O) groups is 1. The van der Waals surface area contributed by atoms with Crippen molar-refractivity contribution in [1.29, 1.82) is 0 Å². The van der Waals surface area contributed by atoms with E-state index in [1.54, 1.807) is 13.0 Å². The van der Waals surface area contributed by atoms with Gasteiger partial charge in [0.2, 0.25) is 0 Å². The second-order valence-electron chi connectivity index (χ2n) is 4.91. The smallest absolute Gasteiger partial charge is 0.152 e. The minimum absolute atomic E-state index is 0.105. The van der Waals surface area contributed by atoms with Gasteiger partial charge < -0.3 is 0 Å². The maximum atomic E-state index is 11.0. The van der Waals surface area contributed by atoms with Crippen LogP contribution in [0.1, 0.15) is 34.6 Å². The largest absolute Gasteiger partial charge is 0.295 e. The Morgan fingerprint density at radius 2 is 2.07 bits per heavy atom. The van der Waals surface area contributed by atoms with Gasteiger partial charge in [0.05, 0.1) is 0 Å². The molecule has 0 amide bonds. The van der Waals surface area contributed by atoms with Crippen molar-refractivity contribution in [2.75, 3.05) is 0 Å². The Morgan fingerprint density at radius 3 is 2.60 bits per heavy atom. The molecule has 1 unspecified atom stereocenters. The minimum Gasteiger partial charge on any atom is -0.295 e. The summed E-state index contributed by atoms with van der Waals surface area (Å²) < 4.78 is 0. The molecule has 15 heavy (non-hydrogen) atoms. The van der Waals surface area contributed by atoms with Crippen LogP contribution in [0.25, 0.3) is 0 Å². The Morgan fingerprint density at radius 1 is 1.47 bits per heavy atom. The molecule has 0 N–H and O–H groups in total. The van der Waals surface area contributed by atoms with Crippen molar-refractivity contribution >= 4 is 5.78 Å². The van der Waals surface area contributed by atoms with Crippen molar-refractivity contribution in [1.82, 2.24) is 0 Å². The normalized spacial score (nSPS) is 25.0. The van der Waals surface area contributed by atoms with E-state index >= 15 is 0 Å². The van der Waals surface area contributed by atoms with Crippen LogP contribution in [-0.2, 0) is 4.79 Å². The van der Waals surface area contributed by atoms with E-state index in [2.05, 4.69) is 39.8 Å². The third kappa shape index (κ3) is 2.47. The fourth-order valence-electron chi connectivity index (χ4n) is 1.92. The quantitative estimate of drug-likeness (QED) is 0.627. The highest BCUT2D eigenvalue weighted by Crippen LogP contribution is 2.41. The molecule has 0 heterocycles. The highest BCUT2D eigenvalue weighted by atomic mass is 16.1. The zero-order chi connectivity index (χ0) is 11.6. The zero-order valence-electron chi connectivity index (χ0n) is 10.3. The summed E-state index contributed by atoms with van der Waals surface area (Å²) in [6.07, 6.45) is 8.01. The van der Waals surface area contributed by atoms with Crippen LogP contribution in [0, 0.1) is 11.3 Å². The standard InChI is InChI=1S/C14H20O/c1-10-6-7-11(2)14(4,5)13(10)9-8-12(3)15/h6-9,11H,1-5H3/b9-8+. The Labute approximate surface area is 92.6 Å². The SMILES string of the molecule is CC(=O)/C=C/C1=C(C)C=CC(C)C1(C)C. The number of ketones is 1. The van der Waals surface area contributed by atoms with Crippen molar-refractivity contribution in [2.45, 2.75) is 34.6 Å². The Bertz CT molecular complexity index is 354.